The minimum Gasteiger partial charge on any atom is -0.397 e. The molecule has 1 fully saturated rings. The number of nitrogens with zero attached hydrogens (tertiary/aromatic N) is 4. The maximum Gasteiger partial charge on any atom is 0.180 e. The highest BCUT2D eigenvalue weighted by Crippen LogP contribution is 2.30. The van der Waals surface area contributed by atoms with Crippen molar-refractivity contribution in [1.29, 1.82) is 0 Å². The molecule has 28 heavy (non-hydrogen) atoms. The van der Waals surface area contributed by atoms with E-state index in [1.165, 1.54) is 44.5 Å². The molecule has 7 nitrogen and oxygen atoms in total. The van der Waals surface area contributed by atoms with Crippen molar-refractivity contribution in [2.24, 2.45) is 10.7 Å². The van der Waals surface area contributed by atoms with Crippen LogP contribution in [0, 0.1) is 0 Å². The quantitative estimate of drug-likeness (QED) is 0.596. The van der Waals surface area contributed by atoms with E-state index in [0.29, 0.717) is 11.4 Å². The van der Waals surface area contributed by atoms with Crippen LogP contribution in [0.5, 0.6) is 0 Å². The Balaban J connectivity index is 1.51. The number of hydrogen-bond donors (Lipinski definition) is 2. The average Bonchev–Trinajstić information content (AvgIpc) is 3.06. The Hall–Kier alpha value is -2.93. The number of piperidine rings is 1. The van der Waals surface area contributed by atoms with Gasteiger partial charge in [0.2, 0.25) is 0 Å². The molecule has 0 amide bonds. The van der Waals surface area contributed by atoms with Gasteiger partial charge in [-0.3, -0.25) is 4.79 Å². The van der Waals surface area contributed by atoms with E-state index in [1.807, 2.05) is 28.9 Å². The van der Waals surface area contributed by atoms with Crippen molar-refractivity contribution >= 4 is 28.5 Å². The number of allylic oxidation sites excluding steroid dienone is 3. The highest BCUT2D eigenvalue weighted by atomic mass is 16.1. The second-order valence-corrected chi connectivity index (χ2v) is 7.24. The summed E-state index contributed by atoms with van der Waals surface area (Å²) in [5, 5.41) is 8.07. The van der Waals surface area contributed by atoms with Crippen LogP contribution < -0.4 is 11.1 Å². The molecule has 0 radical (unpaired) electrons. The van der Waals surface area contributed by atoms with Crippen LogP contribution in [0.4, 0.5) is 11.5 Å². The van der Waals surface area contributed by atoms with E-state index in [1.54, 1.807) is 6.08 Å². The van der Waals surface area contributed by atoms with E-state index in [-0.39, 0.29) is 5.78 Å². The zero-order valence-electron chi connectivity index (χ0n) is 16.0. The number of aliphatic imine (C=N–C) groups is 1. The Morgan fingerprint density at radius 2 is 2.04 bits per heavy atom. The molecule has 0 aromatic carbocycles. The van der Waals surface area contributed by atoms with E-state index in [4.69, 9.17) is 10.7 Å². The number of likely N-dealkylation sites (tertiary alicyclic amines) is 1. The van der Waals surface area contributed by atoms with E-state index in [2.05, 4.69) is 15.3 Å². The Morgan fingerprint density at radius 3 is 2.86 bits per heavy atom. The molecule has 3 N–H and O–H groups in total. The molecule has 0 bridgehead atoms. The van der Waals surface area contributed by atoms with E-state index in [9.17, 15) is 4.79 Å². The van der Waals surface area contributed by atoms with Crippen LogP contribution in [0.25, 0.3) is 5.52 Å². The number of pyridine rings is 1. The first-order valence-electron chi connectivity index (χ1n) is 9.92. The molecular weight excluding hydrogens is 352 g/mol. The number of nitrogens with one attached hydrogen (secondary N) is 1. The summed E-state index contributed by atoms with van der Waals surface area (Å²) in [6.45, 7) is 4.36. The first kappa shape index (κ1) is 18.4. The molecule has 146 valence electrons. The molecule has 1 saturated heterocycles. The number of anilines is 1. The van der Waals surface area contributed by atoms with Crippen molar-refractivity contribution in [3.8, 4) is 0 Å². The lowest BCUT2D eigenvalue weighted by molar-refractivity contribution is -0.110. The third-order valence-corrected chi connectivity index (χ3v) is 5.14. The molecule has 0 unspecified atom stereocenters. The van der Waals surface area contributed by atoms with E-state index >= 15 is 0 Å². The van der Waals surface area contributed by atoms with Gasteiger partial charge in [-0.15, -0.1) is 5.10 Å². The predicted molar refractivity (Wildman–Crippen MR) is 112 cm³/mol. The van der Waals surface area contributed by atoms with Gasteiger partial charge in [0.05, 0.1) is 16.9 Å². The lowest BCUT2D eigenvalue weighted by Crippen LogP contribution is -2.31. The highest BCUT2D eigenvalue weighted by Gasteiger charge is 2.15. The standard InChI is InChI=1S/C21H26N6O/c22-17-15-16(28)8-9-18(17)24-20-19-7-2-5-14-27(19)25-21(20)23-10-6-13-26-11-3-1-4-12-26/h2,5,7-9,14-15H,1,3-4,6,10-13,22H2,(H,23,25). The van der Waals surface area contributed by atoms with Gasteiger partial charge in [-0.25, -0.2) is 9.51 Å². The Labute approximate surface area is 164 Å². The van der Waals surface area contributed by atoms with Crippen LogP contribution in [0.3, 0.4) is 0 Å². The van der Waals surface area contributed by atoms with Crippen molar-refractivity contribution in [1.82, 2.24) is 14.5 Å². The summed E-state index contributed by atoms with van der Waals surface area (Å²) in [5.41, 5.74) is 8.58. The molecule has 2 aromatic heterocycles. The maximum absolute atomic E-state index is 11.5. The summed E-state index contributed by atoms with van der Waals surface area (Å²) in [7, 11) is 0. The van der Waals surface area contributed by atoms with E-state index < -0.39 is 0 Å². The zero-order chi connectivity index (χ0) is 19.3. The summed E-state index contributed by atoms with van der Waals surface area (Å²) in [5.74, 6) is 0.614. The van der Waals surface area contributed by atoms with Crippen molar-refractivity contribution in [2.75, 3.05) is 31.5 Å². The minimum atomic E-state index is -0.118. The van der Waals surface area contributed by atoms with Gasteiger partial charge in [-0.2, -0.15) is 0 Å². The molecule has 0 spiro atoms. The second kappa shape index (κ2) is 8.39. The third-order valence-electron chi connectivity index (χ3n) is 5.14. The van der Waals surface area contributed by atoms with Gasteiger partial charge >= 0.3 is 0 Å². The topological polar surface area (TPSA) is 88.0 Å². The third kappa shape index (κ3) is 4.14. The Kier molecular flexibility index (Phi) is 5.53. The number of ketones is 1. The molecule has 3 heterocycles. The fourth-order valence-corrected chi connectivity index (χ4v) is 3.66. The first-order valence-corrected chi connectivity index (χ1v) is 9.92. The first-order chi connectivity index (χ1) is 13.7. The lowest BCUT2D eigenvalue weighted by atomic mass is 10.1. The maximum atomic E-state index is 11.5. The largest absolute Gasteiger partial charge is 0.397 e. The van der Waals surface area contributed by atoms with Crippen molar-refractivity contribution in [3.63, 3.8) is 0 Å². The van der Waals surface area contributed by atoms with Crippen LogP contribution in [-0.4, -0.2) is 52.2 Å². The van der Waals surface area contributed by atoms with Crippen LogP contribution in [-0.2, 0) is 4.79 Å². The second-order valence-electron chi connectivity index (χ2n) is 7.24. The number of hydrogen-bond acceptors (Lipinski definition) is 6. The minimum absolute atomic E-state index is 0.118. The smallest absolute Gasteiger partial charge is 0.180 e. The molecular formula is C21H26N6O. The predicted octanol–water partition coefficient (Wildman–Crippen LogP) is 2.68. The van der Waals surface area contributed by atoms with Gasteiger partial charge in [0.15, 0.2) is 11.6 Å². The monoisotopic (exact) mass is 378 g/mol. The zero-order valence-corrected chi connectivity index (χ0v) is 16.0. The van der Waals surface area contributed by atoms with Gasteiger partial charge in [0.1, 0.15) is 5.69 Å². The highest BCUT2D eigenvalue weighted by molar-refractivity contribution is 6.20. The number of fused-ring (bicyclic) bond motifs is 1. The summed E-state index contributed by atoms with van der Waals surface area (Å²) in [4.78, 5) is 18.7. The lowest BCUT2D eigenvalue weighted by Gasteiger charge is -2.26. The molecule has 0 atom stereocenters. The van der Waals surface area contributed by atoms with Gasteiger partial charge < -0.3 is 16.0 Å². The number of carbonyl (C=O) groups excluding carboxylic acids is 1. The molecule has 2 aromatic rings. The summed E-state index contributed by atoms with van der Waals surface area (Å²) in [6, 6.07) is 5.87. The number of nitrogens with two attached hydrogens (primary N) is 1. The summed E-state index contributed by atoms with van der Waals surface area (Å²) < 4.78 is 1.81. The molecule has 0 saturated carbocycles. The molecule has 2 aliphatic rings. The molecule has 1 aliphatic heterocycles. The number of rotatable bonds is 6. The molecule has 1 aliphatic carbocycles. The van der Waals surface area contributed by atoms with Crippen molar-refractivity contribution in [3.05, 3.63) is 48.3 Å². The molecule has 7 heteroatoms. The number of aromatic nitrogens is 2. The van der Waals surface area contributed by atoms with Crippen LogP contribution in [0.1, 0.15) is 25.7 Å². The summed E-state index contributed by atoms with van der Waals surface area (Å²) in [6.07, 6.45) is 11.5. The van der Waals surface area contributed by atoms with Crippen molar-refractivity contribution < 1.29 is 4.79 Å². The SMILES string of the molecule is NC1=CC(=O)C=CC1=Nc1c(NCCCN2CCCCC2)nn2ccccc12. The molecule has 4 rings (SSSR count). The van der Waals surface area contributed by atoms with Crippen LogP contribution in [0.15, 0.2) is 53.3 Å². The van der Waals surface area contributed by atoms with Crippen LogP contribution >= 0.6 is 0 Å². The fourth-order valence-electron chi connectivity index (χ4n) is 3.66. The van der Waals surface area contributed by atoms with Crippen molar-refractivity contribution in [2.45, 2.75) is 25.7 Å². The normalized spacial score (nSPS) is 19.4. The van der Waals surface area contributed by atoms with Gasteiger partial charge in [-0.1, -0.05) is 12.5 Å². The number of carbonyl (C=O) groups is 1. The van der Waals surface area contributed by atoms with Gasteiger partial charge in [-0.05, 0) is 63.2 Å². The van der Waals surface area contributed by atoms with Gasteiger partial charge in [0.25, 0.3) is 0 Å². The Morgan fingerprint density at radius 1 is 1.18 bits per heavy atom. The fraction of sp³-hybridized carbons (Fsp3) is 0.381. The van der Waals surface area contributed by atoms with E-state index in [0.717, 1.165) is 36.5 Å². The van der Waals surface area contributed by atoms with Crippen LogP contribution in [0.2, 0.25) is 0 Å². The average molecular weight is 378 g/mol. The Bertz CT molecular complexity index is 949. The summed E-state index contributed by atoms with van der Waals surface area (Å²) >= 11 is 0. The van der Waals surface area contributed by atoms with Gasteiger partial charge in [0, 0.05) is 18.8 Å².